The van der Waals surface area contributed by atoms with Gasteiger partial charge in [-0.2, -0.15) is 17.6 Å². The summed E-state index contributed by atoms with van der Waals surface area (Å²) >= 11 is 0. The highest BCUT2D eigenvalue weighted by Crippen LogP contribution is 2.30. The molecule has 7 heteroatoms. The molecule has 2 rings (SSSR count). The van der Waals surface area contributed by atoms with Gasteiger partial charge in [0.25, 0.3) is 0 Å². The molecule has 0 atom stereocenters. The number of hydrogen-bond donors (Lipinski definition) is 0. The second kappa shape index (κ2) is 5.92. The molecule has 116 valence electrons. The molecule has 0 aliphatic carbocycles. The zero-order valence-electron chi connectivity index (χ0n) is 11.0. The summed E-state index contributed by atoms with van der Waals surface area (Å²) < 4.78 is 75.6. The molecular weight excluding hydrogens is 320 g/mol. The summed E-state index contributed by atoms with van der Waals surface area (Å²) in [5.74, 6) is 0. The van der Waals surface area contributed by atoms with Crippen LogP contribution >= 0.6 is 0 Å². The van der Waals surface area contributed by atoms with Crippen LogP contribution in [0.15, 0.2) is 64.7 Å². The van der Waals surface area contributed by atoms with Crippen LogP contribution < -0.4 is 0 Å². The molecule has 2 aromatic rings. The van der Waals surface area contributed by atoms with E-state index >= 15 is 0 Å². The molecular formula is C15H10F4O2S. The minimum Gasteiger partial charge on any atom is -0.216 e. The van der Waals surface area contributed by atoms with E-state index in [1.165, 1.54) is 30.3 Å². The van der Waals surface area contributed by atoms with Crippen molar-refractivity contribution in [2.75, 3.05) is 0 Å². The summed E-state index contributed by atoms with van der Waals surface area (Å²) in [4.78, 5) is -0.268. The Bertz CT molecular complexity index is 794. The first-order chi connectivity index (χ1) is 10.2. The van der Waals surface area contributed by atoms with Gasteiger partial charge in [0, 0.05) is 0 Å². The molecule has 0 unspecified atom stereocenters. The first-order valence-corrected chi connectivity index (χ1v) is 7.54. The van der Waals surface area contributed by atoms with Gasteiger partial charge >= 0.3 is 6.18 Å². The van der Waals surface area contributed by atoms with Gasteiger partial charge in [-0.25, -0.2) is 8.42 Å². The largest absolute Gasteiger partial charge is 0.416 e. The second-order valence-corrected chi connectivity index (χ2v) is 6.26. The summed E-state index contributed by atoms with van der Waals surface area (Å²) in [6.45, 7) is 0. The Kier molecular flexibility index (Phi) is 4.37. The summed E-state index contributed by atoms with van der Waals surface area (Å²) in [7, 11) is -4.37. The van der Waals surface area contributed by atoms with Crippen molar-refractivity contribution < 1.29 is 26.0 Å². The quantitative estimate of drug-likeness (QED) is 0.779. The van der Waals surface area contributed by atoms with Gasteiger partial charge < -0.3 is 0 Å². The van der Waals surface area contributed by atoms with Gasteiger partial charge in [0.2, 0.25) is 15.0 Å². The van der Waals surface area contributed by atoms with Crippen LogP contribution in [0.3, 0.4) is 0 Å². The van der Waals surface area contributed by atoms with Gasteiger partial charge in [-0.05, 0) is 35.9 Å². The lowest BCUT2D eigenvalue weighted by molar-refractivity contribution is -0.137. The highest BCUT2D eigenvalue weighted by Gasteiger charge is 2.30. The summed E-state index contributed by atoms with van der Waals surface area (Å²) in [6, 6.07) is 10.6. The Hall–Kier alpha value is -2.15. The smallest absolute Gasteiger partial charge is 0.216 e. The summed E-state index contributed by atoms with van der Waals surface area (Å²) in [5, 5.41) is -1.52. The van der Waals surface area contributed by atoms with E-state index < -0.39 is 26.7 Å². The molecule has 0 spiro atoms. The third-order valence-corrected chi connectivity index (χ3v) is 4.33. The number of sulfone groups is 1. The van der Waals surface area contributed by atoms with E-state index in [1.54, 1.807) is 6.07 Å². The van der Waals surface area contributed by atoms with E-state index in [-0.39, 0.29) is 10.5 Å². The van der Waals surface area contributed by atoms with Crippen LogP contribution in [0, 0.1) is 0 Å². The number of rotatable bonds is 3. The molecule has 0 bridgehead atoms. The predicted octanol–water partition coefficient (Wildman–Crippen LogP) is 4.45. The van der Waals surface area contributed by atoms with E-state index in [4.69, 9.17) is 0 Å². The SMILES string of the molecule is O=S(=O)(/C(F)=C/c1cccc(C(F)(F)F)c1)c1ccccc1. The normalized spacial score (nSPS) is 13.2. The van der Waals surface area contributed by atoms with Crippen LogP contribution in [0.25, 0.3) is 6.08 Å². The average molecular weight is 330 g/mol. The zero-order valence-corrected chi connectivity index (χ0v) is 11.8. The van der Waals surface area contributed by atoms with Crippen LogP contribution in [-0.4, -0.2) is 8.42 Å². The third-order valence-electron chi connectivity index (χ3n) is 2.80. The average Bonchev–Trinajstić information content (AvgIpc) is 2.47. The van der Waals surface area contributed by atoms with Crippen molar-refractivity contribution in [2.45, 2.75) is 11.1 Å². The highest BCUT2D eigenvalue weighted by molar-refractivity contribution is 7.95. The van der Waals surface area contributed by atoms with Gasteiger partial charge in [-0.1, -0.05) is 30.3 Å². The number of hydrogen-bond acceptors (Lipinski definition) is 2. The molecule has 0 fully saturated rings. The van der Waals surface area contributed by atoms with Gasteiger partial charge in [0.1, 0.15) is 0 Å². The number of alkyl halides is 3. The van der Waals surface area contributed by atoms with Crippen molar-refractivity contribution in [3.63, 3.8) is 0 Å². The molecule has 2 nitrogen and oxygen atoms in total. The molecule has 0 aromatic heterocycles. The van der Waals surface area contributed by atoms with Gasteiger partial charge in [-0.15, -0.1) is 0 Å². The first-order valence-electron chi connectivity index (χ1n) is 6.06. The van der Waals surface area contributed by atoms with Crippen molar-refractivity contribution in [3.05, 3.63) is 70.9 Å². The van der Waals surface area contributed by atoms with Crippen molar-refractivity contribution >= 4 is 15.9 Å². The second-order valence-electron chi connectivity index (χ2n) is 4.39. The lowest BCUT2D eigenvalue weighted by atomic mass is 10.1. The Balaban J connectivity index is 2.42. The van der Waals surface area contributed by atoms with Crippen LogP contribution in [0.5, 0.6) is 0 Å². The van der Waals surface area contributed by atoms with E-state index in [1.807, 2.05) is 0 Å². The van der Waals surface area contributed by atoms with Crippen molar-refractivity contribution in [1.82, 2.24) is 0 Å². The Labute approximate surface area is 124 Å². The van der Waals surface area contributed by atoms with Gasteiger partial charge in [0.15, 0.2) is 0 Å². The molecule has 0 aliphatic rings. The minimum absolute atomic E-state index is 0.188. The van der Waals surface area contributed by atoms with E-state index in [0.29, 0.717) is 12.1 Å². The highest BCUT2D eigenvalue weighted by atomic mass is 32.2. The maximum Gasteiger partial charge on any atom is 0.416 e. The fraction of sp³-hybridized carbons (Fsp3) is 0.0667. The van der Waals surface area contributed by atoms with Crippen molar-refractivity contribution in [2.24, 2.45) is 0 Å². The van der Waals surface area contributed by atoms with Crippen LogP contribution in [0.4, 0.5) is 17.6 Å². The Morgan fingerprint density at radius 2 is 1.59 bits per heavy atom. The molecule has 22 heavy (non-hydrogen) atoms. The molecule has 0 aliphatic heterocycles. The number of benzene rings is 2. The molecule has 0 saturated heterocycles. The molecule has 0 N–H and O–H groups in total. The van der Waals surface area contributed by atoms with Gasteiger partial charge in [0.05, 0.1) is 10.5 Å². The maximum atomic E-state index is 14.0. The number of halogens is 4. The molecule has 2 aromatic carbocycles. The minimum atomic E-state index is -4.58. The molecule has 0 heterocycles. The standard InChI is InChI=1S/C15H10F4O2S/c16-14(22(20,21)13-7-2-1-3-8-13)10-11-5-4-6-12(9-11)15(17,18)19/h1-10H/b14-10+. The molecule has 0 radical (unpaired) electrons. The predicted molar refractivity (Wildman–Crippen MR) is 74.2 cm³/mol. The van der Waals surface area contributed by atoms with E-state index in [2.05, 4.69) is 0 Å². The lowest BCUT2D eigenvalue weighted by Crippen LogP contribution is -2.05. The molecule has 0 amide bonds. The Morgan fingerprint density at radius 3 is 2.18 bits per heavy atom. The van der Waals surface area contributed by atoms with Gasteiger partial charge in [-0.3, -0.25) is 0 Å². The first kappa shape index (κ1) is 16.2. The topological polar surface area (TPSA) is 34.1 Å². The van der Waals surface area contributed by atoms with Crippen molar-refractivity contribution in [3.8, 4) is 0 Å². The zero-order chi connectivity index (χ0) is 16.4. The Morgan fingerprint density at radius 1 is 0.955 bits per heavy atom. The summed E-state index contributed by atoms with van der Waals surface area (Å²) in [5.41, 5.74) is -1.17. The lowest BCUT2D eigenvalue weighted by Gasteiger charge is -2.07. The monoisotopic (exact) mass is 330 g/mol. The van der Waals surface area contributed by atoms with E-state index in [0.717, 1.165) is 12.1 Å². The fourth-order valence-electron chi connectivity index (χ4n) is 1.73. The fourth-order valence-corrected chi connectivity index (χ4v) is 2.76. The van der Waals surface area contributed by atoms with Crippen LogP contribution in [0.2, 0.25) is 0 Å². The summed E-state index contributed by atoms with van der Waals surface area (Å²) in [6.07, 6.45) is -4.02. The maximum absolute atomic E-state index is 14.0. The van der Waals surface area contributed by atoms with Crippen LogP contribution in [0.1, 0.15) is 11.1 Å². The van der Waals surface area contributed by atoms with Crippen molar-refractivity contribution in [1.29, 1.82) is 0 Å². The third kappa shape index (κ3) is 3.54. The van der Waals surface area contributed by atoms with E-state index in [9.17, 15) is 26.0 Å². The van der Waals surface area contributed by atoms with Crippen LogP contribution in [-0.2, 0) is 16.0 Å². The molecule has 0 saturated carbocycles.